The average molecular weight is 296 g/mol. The summed E-state index contributed by atoms with van der Waals surface area (Å²) in [5, 5.41) is 0. The third-order valence-corrected chi connectivity index (χ3v) is 3.78. The van der Waals surface area contributed by atoms with Crippen LogP contribution in [-0.2, 0) is 14.3 Å². The molecule has 2 unspecified atom stereocenters. The molecule has 0 radical (unpaired) electrons. The number of para-hydroxylation sites is 1. The molecule has 2 aliphatic rings. The predicted molar refractivity (Wildman–Crippen MR) is 64.5 cm³/mol. The van der Waals surface area contributed by atoms with E-state index < -0.39 is 12.2 Å². The van der Waals surface area contributed by atoms with E-state index in [1.807, 2.05) is 12.1 Å². The van der Waals surface area contributed by atoms with Crippen LogP contribution in [0.25, 0.3) is 0 Å². The maximum Gasteiger partial charge on any atom is 0.263 e. The summed E-state index contributed by atoms with van der Waals surface area (Å²) < 4.78 is 6.10. The van der Waals surface area contributed by atoms with Crippen LogP contribution >= 0.6 is 15.9 Å². The molecule has 0 saturated carbocycles. The van der Waals surface area contributed by atoms with E-state index in [4.69, 9.17) is 4.74 Å². The van der Waals surface area contributed by atoms with Gasteiger partial charge in [-0.05, 0) is 40.9 Å². The summed E-state index contributed by atoms with van der Waals surface area (Å²) in [6.07, 6.45) is 0.362. The van der Waals surface area contributed by atoms with Crippen molar-refractivity contribution in [1.82, 2.24) is 0 Å². The number of rotatable bonds is 1. The standard InChI is InChI=1S/C12H10BrNO3/c13-7-3-1-2-4-8(7)14-11(15)9-5-6-10(17-9)12(14)16/h1-4,9-10H,5-6H2. The van der Waals surface area contributed by atoms with Crippen LogP contribution < -0.4 is 4.90 Å². The smallest absolute Gasteiger partial charge is 0.263 e. The second-order valence-corrected chi connectivity index (χ2v) is 5.01. The Kier molecular flexibility index (Phi) is 2.52. The van der Waals surface area contributed by atoms with Gasteiger partial charge < -0.3 is 4.74 Å². The highest BCUT2D eigenvalue weighted by Gasteiger charge is 2.47. The van der Waals surface area contributed by atoms with Crippen molar-refractivity contribution in [2.45, 2.75) is 25.0 Å². The lowest BCUT2D eigenvalue weighted by molar-refractivity contribution is -0.146. The van der Waals surface area contributed by atoms with Crippen molar-refractivity contribution in [2.24, 2.45) is 0 Å². The van der Waals surface area contributed by atoms with E-state index >= 15 is 0 Å². The summed E-state index contributed by atoms with van der Waals surface area (Å²) in [5.41, 5.74) is 0.600. The van der Waals surface area contributed by atoms with Crippen molar-refractivity contribution in [2.75, 3.05) is 4.90 Å². The van der Waals surface area contributed by atoms with Crippen LogP contribution in [0.4, 0.5) is 5.69 Å². The number of ether oxygens (including phenoxy) is 1. The Morgan fingerprint density at radius 3 is 2.29 bits per heavy atom. The van der Waals surface area contributed by atoms with Gasteiger partial charge in [0.1, 0.15) is 12.2 Å². The monoisotopic (exact) mass is 295 g/mol. The van der Waals surface area contributed by atoms with E-state index in [2.05, 4.69) is 15.9 Å². The molecule has 2 aliphatic heterocycles. The van der Waals surface area contributed by atoms with Crippen molar-refractivity contribution in [1.29, 1.82) is 0 Å². The molecule has 1 aromatic rings. The van der Waals surface area contributed by atoms with Crippen LogP contribution in [0.15, 0.2) is 28.7 Å². The van der Waals surface area contributed by atoms with Crippen molar-refractivity contribution in [3.8, 4) is 0 Å². The van der Waals surface area contributed by atoms with Gasteiger partial charge >= 0.3 is 0 Å². The number of carbonyl (C=O) groups excluding carboxylic acids is 2. The lowest BCUT2D eigenvalue weighted by atomic mass is 10.2. The predicted octanol–water partition coefficient (Wildman–Crippen LogP) is 1.87. The third kappa shape index (κ3) is 1.61. The van der Waals surface area contributed by atoms with Gasteiger partial charge in [-0.3, -0.25) is 9.59 Å². The molecule has 2 heterocycles. The highest BCUT2D eigenvalue weighted by atomic mass is 79.9. The molecule has 0 aliphatic carbocycles. The van der Waals surface area contributed by atoms with Gasteiger partial charge in [0.2, 0.25) is 0 Å². The molecule has 2 bridgehead atoms. The SMILES string of the molecule is O=C1C2CCC(O2)C(=O)N1c1ccccc1Br. The van der Waals surface area contributed by atoms with Gasteiger partial charge in [-0.1, -0.05) is 12.1 Å². The highest BCUT2D eigenvalue weighted by molar-refractivity contribution is 9.10. The number of fused-ring (bicyclic) bond motifs is 2. The summed E-state index contributed by atoms with van der Waals surface area (Å²) in [7, 11) is 0. The Morgan fingerprint density at radius 2 is 1.71 bits per heavy atom. The Hall–Kier alpha value is -1.20. The molecule has 0 spiro atoms. The molecule has 0 N–H and O–H groups in total. The van der Waals surface area contributed by atoms with E-state index in [9.17, 15) is 9.59 Å². The quantitative estimate of drug-likeness (QED) is 0.743. The van der Waals surface area contributed by atoms with Crippen LogP contribution in [0.1, 0.15) is 12.8 Å². The number of anilines is 1. The first-order valence-electron chi connectivity index (χ1n) is 5.46. The topological polar surface area (TPSA) is 46.6 Å². The van der Waals surface area contributed by atoms with Crippen LogP contribution in [0, 0.1) is 0 Å². The van der Waals surface area contributed by atoms with Crippen LogP contribution in [-0.4, -0.2) is 24.0 Å². The van der Waals surface area contributed by atoms with Crippen molar-refractivity contribution < 1.29 is 14.3 Å². The number of benzene rings is 1. The summed E-state index contributed by atoms with van der Waals surface area (Å²) in [6, 6.07) is 7.22. The van der Waals surface area contributed by atoms with E-state index in [1.165, 1.54) is 4.90 Å². The molecule has 4 nitrogen and oxygen atoms in total. The van der Waals surface area contributed by atoms with Crippen LogP contribution in [0.2, 0.25) is 0 Å². The second-order valence-electron chi connectivity index (χ2n) is 4.15. The zero-order chi connectivity index (χ0) is 12.0. The first-order valence-corrected chi connectivity index (χ1v) is 6.25. The van der Waals surface area contributed by atoms with Crippen molar-refractivity contribution in [3.05, 3.63) is 28.7 Å². The number of amides is 2. The Balaban J connectivity index is 2.05. The van der Waals surface area contributed by atoms with Crippen molar-refractivity contribution >= 4 is 33.4 Å². The second kappa shape index (κ2) is 3.92. The molecule has 17 heavy (non-hydrogen) atoms. The molecule has 0 aromatic heterocycles. The number of hydrogen-bond donors (Lipinski definition) is 0. The molecular weight excluding hydrogens is 286 g/mol. The molecule has 2 atom stereocenters. The fourth-order valence-electron chi connectivity index (χ4n) is 2.27. The summed E-state index contributed by atoms with van der Waals surface area (Å²) in [6.45, 7) is 0. The number of nitrogens with zero attached hydrogens (tertiary/aromatic N) is 1. The molecule has 2 fully saturated rings. The van der Waals surface area contributed by atoms with E-state index in [0.29, 0.717) is 18.5 Å². The number of halogens is 1. The van der Waals surface area contributed by atoms with Crippen molar-refractivity contribution in [3.63, 3.8) is 0 Å². The van der Waals surface area contributed by atoms with Crippen LogP contribution in [0.3, 0.4) is 0 Å². The lowest BCUT2D eigenvalue weighted by Gasteiger charge is -2.30. The van der Waals surface area contributed by atoms with Gasteiger partial charge in [0, 0.05) is 4.47 Å². The van der Waals surface area contributed by atoms with Gasteiger partial charge in [-0.25, -0.2) is 4.90 Å². The van der Waals surface area contributed by atoms with Gasteiger partial charge in [0.05, 0.1) is 5.69 Å². The molecule has 3 rings (SSSR count). The fraction of sp³-hybridized carbons (Fsp3) is 0.333. The summed E-state index contributed by atoms with van der Waals surface area (Å²) in [5.74, 6) is -0.508. The van der Waals surface area contributed by atoms with Crippen LogP contribution in [0.5, 0.6) is 0 Å². The molecule has 2 saturated heterocycles. The molecule has 1 aromatic carbocycles. The van der Waals surface area contributed by atoms with E-state index in [1.54, 1.807) is 12.1 Å². The maximum absolute atomic E-state index is 12.1. The lowest BCUT2D eigenvalue weighted by Crippen LogP contribution is -2.52. The molecule has 88 valence electrons. The van der Waals surface area contributed by atoms with Gasteiger partial charge in [-0.2, -0.15) is 0 Å². The van der Waals surface area contributed by atoms with Gasteiger partial charge in [0.15, 0.2) is 0 Å². The summed E-state index contributed by atoms with van der Waals surface area (Å²) in [4.78, 5) is 25.5. The first-order chi connectivity index (χ1) is 8.18. The van der Waals surface area contributed by atoms with E-state index in [0.717, 1.165) is 4.47 Å². The average Bonchev–Trinajstić information content (AvgIpc) is 2.76. The highest BCUT2D eigenvalue weighted by Crippen LogP contribution is 2.34. The molecular formula is C12H10BrNO3. The minimum Gasteiger partial charge on any atom is -0.355 e. The van der Waals surface area contributed by atoms with Gasteiger partial charge in [-0.15, -0.1) is 0 Å². The minimum absolute atomic E-state index is 0.254. The normalized spacial score (nSPS) is 27.7. The largest absolute Gasteiger partial charge is 0.355 e. The zero-order valence-electron chi connectivity index (χ0n) is 8.93. The third-order valence-electron chi connectivity index (χ3n) is 3.10. The number of carbonyl (C=O) groups is 2. The Bertz CT molecular complexity index is 480. The zero-order valence-corrected chi connectivity index (χ0v) is 10.5. The summed E-state index contributed by atoms with van der Waals surface area (Å²) >= 11 is 3.36. The molecule has 5 heteroatoms. The molecule has 2 amide bonds. The Morgan fingerprint density at radius 1 is 1.12 bits per heavy atom. The minimum atomic E-state index is -0.454. The number of morpholine rings is 1. The van der Waals surface area contributed by atoms with E-state index in [-0.39, 0.29) is 11.8 Å². The Labute approximate surface area is 107 Å². The maximum atomic E-state index is 12.1. The number of hydrogen-bond acceptors (Lipinski definition) is 3. The number of imide groups is 1. The fourth-order valence-corrected chi connectivity index (χ4v) is 2.73. The van der Waals surface area contributed by atoms with Gasteiger partial charge in [0.25, 0.3) is 11.8 Å². The first kappa shape index (κ1) is 10.9.